The van der Waals surface area contributed by atoms with E-state index in [0.717, 1.165) is 26.1 Å². The summed E-state index contributed by atoms with van der Waals surface area (Å²) in [5.41, 5.74) is 0. The van der Waals surface area contributed by atoms with E-state index < -0.39 is 0 Å². The first-order chi connectivity index (χ1) is 5.36. The molecule has 1 atom stereocenters. The van der Waals surface area contributed by atoms with Gasteiger partial charge in [0.2, 0.25) is 0 Å². The van der Waals surface area contributed by atoms with Crippen molar-refractivity contribution in [3.63, 3.8) is 0 Å². The maximum atomic E-state index is 5.62. The molecule has 1 unspecified atom stereocenters. The van der Waals surface area contributed by atoms with Crippen molar-refractivity contribution in [2.24, 2.45) is 0 Å². The largest absolute Gasteiger partial charge is 0.376 e. The van der Waals surface area contributed by atoms with Crippen LogP contribution in [0.3, 0.4) is 0 Å². The molecule has 1 heterocycles. The van der Waals surface area contributed by atoms with Gasteiger partial charge in [0.05, 0.1) is 18.8 Å². The summed E-state index contributed by atoms with van der Waals surface area (Å²) in [6, 6.07) is 0. The van der Waals surface area contributed by atoms with Gasteiger partial charge in [0, 0.05) is 6.61 Å². The minimum atomic E-state index is 0.399. The van der Waals surface area contributed by atoms with Crippen LogP contribution in [0, 0.1) is 0 Å². The highest BCUT2D eigenvalue weighted by molar-refractivity contribution is 4.66. The Morgan fingerprint density at radius 3 is 2.45 bits per heavy atom. The van der Waals surface area contributed by atoms with Crippen molar-refractivity contribution >= 4 is 0 Å². The molecule has 0 N–H and O–H groups in total. The Morgan fingerprint density at radius 2 is 2.09 bits per heavy atom. The van der Waals surface area contributed by atoms with Gasteiger partial charge < -0.3 is 9.47 Å². The predicted octanol–water partition coefficient (Wildman–Crippen LogP) is 1.98. The molecule has 1 fully saturated rings. The molecule has 0 saturated carbocycles. The van der Waals surface area contributed by atoms with Crippen molar-refractivity contribution in [1.82, 2.24) is 0 Å². The van der Waals surface area contributed by atoms with Crippen molar-refractivity contribution < 1.29 is 9.47 Å². The SMILES string of the molecule is CCC(CC)OCC1CCO1. The molecule has 1 rings (SSSR count). The third-order valence-corrected chi connectivity index (χ3v) is 2.22. The third-order valence-electron chi connectivity index (χ3n) is 2.22. The van der Waals surface area contributed by atoms with E-state index >= 15 is 0 Å². The van der Waals surface area contributed by atoms with E-state index in [-0.39, 0.29) is 0 Å². The summed E-state index contributed by atoms with van der Waals surface area (Å²) >= 11 is 0. The van der Waals surface area contributed by atoms with Crippen molar-refractivity contribution in [2.45, 2.75) is 45.3 Å². The highest BCUT2D eigenvalue weighted by Crippen LogP contribution is 2.13. The molecule has 1 aliphatic rings. The van der Waals surface area contributed by atoms with Crippen LogP contribution in [0.2, 0.25) is 0 Å². The monoisotopic (exact) mass is 158 g/mol. The molecule has 0 aromatic heterocycles. The number of ether oxygens (including phenoxy) is 2. The fourth-order valence-corrected chi connectivity index (χ4v) is 1.18. The van der Waals surface area contributed by atoms with Crippen molar-refractivity contribution in [2.75, 3.05) is 13.2 Å². The molecule has 2 nitrogen and oxygen atoms in total. The molecule has 1 aliphatic heterocycles. The van der Waals surface area contributed by atoms with Gasteiger partial charge in [-0.1, -0.05) is 13.8 Å². The van der Waals surface area contributed by atoms with Gasteiger partial charge in [-0.05, 0) is 19.3 Å². The summed E-state index contributed by atoms with van der Waals surface area (Å²) in [6.07, 6.45) is 4.25. The quantitative estimate of drug-likeness (QED) is 0.609. The second-order valence-corrected chi connectivity index (χ2v) is 3.05. The summed E-state index contributed by atoms with van der Waals surface area (Å²) in [5, 5.41) is 0. The van der Waals surface area contributed by atoms with E-state index in [1.807, 2.05) is 0 Å². The first-order valence-electron chi connectivity index (χ1n) is 4.60. The molecule has 0 bridgehead atoms. The second-order valence-electron chi connectivity index (χ2n) is 3.05. The molecule has 66 valence electrons. The number of rotatable bonds is 5. The molecule has 1 saturated heterocycles. The lowest BCUT2D eigenvalue weighted by Gasteiger charge is -2.27. The average molecular weight is 158 g/mol. The number of hydrogen-bond donors (Lipinski definition) is 0. The first-order valence-corrected chi connectivity index (χ1v) is 4.60. The lowest BCUT2D eigenvalue weighted by atomic mass is 10.2. The normalized spacial score (nSPS) is 23.7. The molecule has 2 heteroatoms. The minimum Gasteiger partial charge on any atom is -0.376 e. The lowest BCUT2D eigenvalue weighted by Crippen LogP contribution is -2.33. The van der Waals surface area contributed by atoms with Gasteiger partial charge >= 0.3 is 0 Å². The first kappa shape index (κ1) is 9.01. The maximum absolute atomic E-state index is 5.62. The molecule has 0 aromatic carbocycles. The smallest absolute Gasteiger partial charge is 0.0830 e. The van der Waals surface area contributed by atoms with Gasteiger partial charge in [-0.25, -0.2) is 0 Å². The van der Waals surface area contributed by atoms with Crippen molar-refractivity contribution in [1.29, 1.82) is 0 Å². The molecular formula is C9H18O2. The molecule has 0 radical (unpaired) electrons. The Hall–Kier alpha value is -0.0800. The van der Waals surface area contributed by atoms with Crippen molar-refractivity contribution in [3.8, 4) is 0 Å². The fraction of sp³-hybridized carbons (Fsp3) is 1.00. The predicted molar refractivity (Wildman–Crippen MR) is 44.7 cm³/mol. The van der Waals surface area contributed by atoms with Crippen molar-refractivity contribution in [3.05, 3.63) is 0 Å². The zero-order chi connectivity index (χ0) is 8.10. The standard InChI is InChI=1S/C9H18O2/c1-3-8(4-2)11-7-9-5-6-10-9/h8-9H,3-7H2,1-2H3. The molecule has 0 amide bonds. The van der Waals surface area contributed by atoms with Gasteiger partial charge in [0.15, 0.2) is 0 Å². The van der Waals surface area contributed by atoms with E-state index in [0.29, 0.717) is 12.2 Å². The molecule has 0 aliphatic carbocycles. The van der Waals surface area contributed by atoms with Crippen LogP contribution in [0.1, 0.15) is 33.1 Å². The van der Waals surface area contributed by atoms with Gasteiger partial charge in [0.1, 0.15) is 0 Å². The van der Waals surface area contributed by atoms with Crippen LogP contribution in [-0.2, 0) is 9.47 Å². The zero-order valence-corrected chi connectivity index (χ0v) is 7.51. The average Bonchev–Trinajstić information content (AvgIpc) is 1.95. The topological polar surface area (TPSA) is 18.5 Å². The second kappa shape index (κ2) is 4.73. The van der Waals surface area contributed by atoms with E-state index in [1.165, 1.54) is 6.42 Å². The van der Waals surface area contributed by atoms with Crippen LogP contribution in [0.15, 0.2) is 0 Å². The molecular weight excluding hydrogens is 140 g/mol. The Bertz CT molecular complexity index is 95.7. The Kier molecular flexibility index (Phi) is 3.87. The Labute approximate surface area is 68.9 Å². The highest BCUT2D eigenvalue weighted by atomic mass is 16.5. The summed E-state index contributed by atoms with van der Waals surface area (Å²) in [4.78, 5) is 0. The van der Waals surface area contributed by atoms with Crippen LogP contribution >= 0.6 is 0 Å². The van der Waals surface area contributed by atoms with Crippen LogP contribution in [0.5, 0.6) is 0 Å². The minimum absolute atomic E-state index is 0.399. The van der Waals surface area contributed by atoms with E-state index in [2.05, 4.69) is 13.8 Å². The Balaban J connectivity index is 1.99. The summed E-state index contributed by atoms with van der Waals surface area (Å²) < 4.78 is 10.9. The summed E-state index contributed by atoms with van der Waals surface area (Å²) in [7, 11) is 0. The van der Waals surface area contributed by atoms with E-state index in [1.54, 1.807) is 0 Å². The van der Waals surface area contributed by atoms with Crippen LogP contribution in [-0.4, -0.2) is 25.4 Å². The van der Waals surface area contributed by atoms with Gasteiger partial charge in [-0.15, -0.1) is 0 Å². The van der Waals surface area contributed by atoms with Gasteiger partial charge in [0.25, 0.3) is 0 Å². The molecule has 0 aromatic rings. The highest BCUT2D eigenvalue weighted by Gasteiger charge is 2.19. The van der Waals surface area contributed by atoms with E-state index in [4.69, 9.17) is 9.47 Å². The van der Waals surface area contributed by atoms with Crippen LogP contribution in [0.25, 0.3) is 0 Å². The summed E-state index contributed by atoms with van der Waals surface area (Å²) in [6.45, 7) is 6.05. The van der Waals surface area contributed by atoms with Crippen LogP contribution in [0.4, 0.5) is 0 Å². The third kappa shape index (κ3) is 2.80. The van der Waals surface area contributed by atoms with Gasteiger partial charge in [-0.2, -0.15) is 0 Å². The van der Waals surface area contributed by atoms with Gasteiger partial charge in [-0.3, -0.25) is 0 Å². The molecule has 0 spiro atoms. The fourth-order valence-electron chi connectivity index (χ4n) is 1.18. The Morgan fingerprint density at radius 1 is 1.45 bits per heavy atom. The van der Waals surface area contributed by atoms with Crippen LogP contribution < -0.4 is 0 Å². The molecule has 11 heavy (non-hydrogen) atoms. The zero-order valence-electron chi connectivity index (χ0n) is 7.51. The summed E-state index contributed by atoms with van der Waals surface area (Å²) in [5.74, 6) is 0. The van der Waals surface area contributed by atoms with E-state index in [9.17, 15) is 0 Å². The number of hydrogen-bond acceptors (Lipinski definition) is 2. The lowest BCUT2D eigenvalue weighted by molar-refractivity contribution is -0.109. The maximum Gasteiger partial charge on any atom is 0.0830 e.